The van der Waals surface area contributed by atoms with Crippen LogP contribution in [0.2, 0.25) is 0 Å². The number of aromatic carboxylic acids is 1. The van der Waals surface area contributed by atoms with Gasteiger partial charge in [0, 0.05) is 12.6 Å². The summed E-state index contributed by atoms with van der Waals surface area (Å²) in [6.07, 6.45) is 1.06. The first-order valence-corrected chi connectivity index (χ1v) is 6.74. The Bertz CT molecular complexity index is 405. The Hall–Kier alpha value is -1.39. The SMILES string of the molecule is CC(C)N(C)CCCNCc1ccccc1C(=O)O. The van der Waals surface area contributed by atoms with Crippen LogP contribution in [-0.4, -0.2) is 42.2 Å². The minimum atomic E-state index is -0.864. The smallest absolute Gasteiger partial charge is 0.336 e. The average molecular weight is 264 g/mol. The lowest BCUT2D eigenvalue weighted by Crippen LogP contribution is -2.29. The van der Waals surface area contributed by atoms with Crippen molar-refractivity contribution in [2.75, 3.05) is 20.1 Å². The summed E-state index contributed by atoms with van der Waals surface area (Å²) in [5.74, 6) is -0.864. The molecule has 0 unspecified atom stereocenters. The van der Waals surface area contributed by atoms with Gasteiger partial charge >= 0.3 is 5.97 Å². The molecule has 0 saturated heterocycles. The number of hydrogen-bond donors (Lipinski definition) is 2. The molecule has 0 spiro atoms. The van der Waals surface area contributed by atoms with E-state index < -0.39 is 5.97 Å². The largest absolute Gasteiger partial charge is 0.478 e. The van der Waals surface area contributed by atoms with Crippen LogP contribution in [0.15, 0.2) is 24.3 Å². The zero-order valence-corrected chi connectivity index (χ0v) is 12.0. The van der Waals surface area contributed by atoms with Crippen molar-refractivity contribution in [3.63, 3.8) is 0 Å². The number of benzene rings is 1. The molecular weight excluding hydrogens is 240 g/mol. The lowest BCUT2D eigenvalue weighted by Gasteiger charge is -2.20. The summed E-state index contributed by atoms with van der Waals surface area (Å²) < 4.78 is 0. The molecule has 1 rings (SSSR count). The van der Waals surface area contributed by atoms with Crippen molar-refractivity contribution in [3.05, 3.63) is 35.4 Å². The lowest BCUT2D eigenvalue weighted by atomic mass is 10.1. The summed E-state index contributed by atoms with van der Waals surface area (Å²) in [5, 5.41) is 12.4. The maximum absolute atomic E-state index is 11.0. The van der Waals surface area contributed by atoms with Crippen LogP contribution in [0.1, 0.15) is 36.2 Å². The van der Waals surface area contributed by atoms with Crippen LogP contribution in [0, 0.1) is 0 Å². The second-order valence-corrected chi connectivity index (χ2v) is 5.07. The topological polar surface area (TPSA) is 52.6 Å². The first-order chi connectivity index (χ1) is 9.02. The van der Waals surface area contributed by atoms with Gasteiger partial charge in [-0.25, -0.2) is 4.79 Å². The molecule has 4 heteroatoms. The maximum Gasteiger partial charge on any atom is 0.336 e. The van der Waals surface area contributed by atoms with Crippen molar-refractivity contribution < 1.29 is 9.90 Å². The normalized spacial score (nSPS) is 11.2. The van der Waals surface area contributed by atoms with E-state index in [-0.39, 0.29) is 0 Å². The molecule has 0 fully saturated rings. The number of carboxylic acid groups (broad SMARTS) is 1. The van der Waals surface area contributed by atoms with Gasteiger partial charge in [-0.2, -0.15) is 0 Å². The molecule has 1 aromatic rings. The summed E-state index contributed by atoms with van der Waals surface area (Å²) in [6.45, 7) is 6.90. The van der Waals surface area contributed by atoms with Crippen molar-refractivity contribution in [1.82, 2.24) is 10.2 Å². The predicted octanol–water partition coefficient (Wildman–Crippen LogP) is 2.20. The van der Waals surface area contributed by atoms with E-state index in [9.17, 15) is 4.79 Å². The second-order valence-electron chi connectivity index (χ2n) is 5.07. The van der Waals surface area contributed by atoms with Gasteiger partial charge in [-0.3, -0.25) is 0 Å². The Morgan fingerprint density at radius 1 is 1.37 bits per heavy atom. The molecule has 0 aliphatic rings. The highest BCUT2D eigenvalue weighted by Crippen LogP contribution is 2.08. The second kappa shape index (κ2) is 7.92. The quantitative estimate of drug-likeness (QED) is 0.707. The number of nitrogens with one attached hydrogen (secondary N) is 1. The number of rotatable bonds is 8. The van der Waals surface area contributed by atoms with Crippen LogP contribution < -0.4 is 5.32 Å². The van der Waals surface area contributed by atoms with Crippen LogP contribution in [0.3, 0.4) is 0 Å². The Kier molecular flexibility index (Phi) is 6.53. The Labute approximate surface area is 115 Å². The highest BCUT2D eigenvalue weighted by atomic mass is 16.4. The molecule has 4 nitrogen and oxygen atoms in total. The van der Waals surface area contributed by atoms with Gasteiger partial charge in [-0.05, 0) is 52.0 Å². The van der Waals surface area contributed by atoms with E-state index in [0.29, 0.717) is 18.2 Å². The van der Waals surface area contributed by atoms with E-state index in [0.717, 1.165) is 25.1 Å². The zero-order chi connectivity index (χ0) is 14.3. The molecule has 1 aromatic carbocycles. The standard InChI is InChI=1S/C15H24N2O2/c1-12(2)17(3)10-6-9-16-11-13-7-4-5-8-14(13)15(18)19/h4-5,7-8,12,16H,6,9-11H2,1-3H3,(H,18,19). The van der Waals surface area contributed by atoms with Gasteiger partial charge < -0.3 is 15.3 Å². The van der Waals surface area contributed by atoms with Gasteiger partial charge in [0.15, 0.2) is 0 Å². The highest BCUT2D eigenvalue weighted by Gasteiger charge is 2.08. The van der Waals surface area contributed by atoms with Gasteiger partial charge in [-0.15, -0.1) is 0 Å². The minimum Gasteiger partial charge on any atom is -0.478 e. The number of carboxylic acids is 1. The molecule has 0 bridgehead atoms. The molecule has 0 saturated carbocycles. The lowest BCUT2D eigenvalue weighted by molar-refractivity contribution is 0.0695. The molecule has 19 heavy (non-hydrogen) atoms. The first-order valence-electron chi connectivity index (χ1n) is 6.74. The Morgan fingerprint density at radius 2 is 2.05 bits per heavy atom. The summed E-state index contributed by atoms with van der Waals surface area (Å²) >= 11 is 0. The fraction of sp³-hybridized carbons (Fsp3) is 0.533. The van der Waals surface area contributed by atoms with Gasteiger partial charge in [0.05, 0.1) is 5.56 Å². The minimum absolute atomic E-state index is 0.384. The van der Waals surface area contributed by atoms with Gasteiger partial charge in [0.1, 0.15) is 0 Å². The summed E-state index contributed by atoms with van der Waals surface area (Å²) in [7, 11) is 2.12. The third-order valence-corrected chi connectivity index (χ3v) is 3.31. The molecule has 0 radical (unpaired) electrons. The molecule has 0 heterocycles. The van der Waals surface area contributed by atoms with E-state index in [1.54, 1.807) is 12.1 Å². The van der Waals surface area contributed by atoms with E-state index in [4.69, 9.17) is 5.11 Å². The van der Waals surface area contributed by atoms with Crippen molar-refractivity contribution >= 4 is 5.97 Å². The maximum atomic E-state index is 11.0. The molecular formula is C15H24N2O2. The first kappa shape index (κ1) is 15.7. The summed E-state index contributed by atoms with van der Waals surface area (Å²) in [5.41, 5.74) is 1.22. The van der Waals surface area contributed by atoms with Crippen molar-refractivity contribution in [2.45, 2.75) is 32.9 Å². The number of carbonyl (C=O) groups is 1. The van der Waals surface area contributed by atoms with Crippen molar-refractivity contribution in [2.24, 2.45) is 0 Å². The fourth-order valence-electron chi connectivity index (χ4n) is 1.82. The van der Waals surface area contributed by atoms with Crippen LogP contribution in [0.4, 0.5) is 0 Å². The van der Waals surface area contributed by atoms with Crippen LogP contribution in [0.5, 0.6) is 0 Å². The predicted molar refractivity (Wildman–Crippen MR) is 77.5 cm³/mol. The summed E-state index contributed by atoms with van der Waals surface area (Å²) in [6, 6.07) is 7.69. The van der Waals surface area contributed by atoms with Crippen molar-refractivity contribution in [1.29, 1.82) is 0 Å². The van der Waals surface area contributed by atoms with Crippen LogP contribution in [-0.2, 0) is 6.54 Å². The Balaban J connectivity index is 2.32. The van der Waals surface area contributed by atoms with Gasteiger partial charge in [0.2, 0.25) is 0 Å². The molecule has 0 amide bonds. The number of nitrogens with zero attached hydrogens (tertiary/aromatic N) is 1. The molecule has 106 valence electrons. The zero-order valence-electron chi connectivity index (χ0n) is 12.0. The molecule has 0 aliphatic carbocycles. The molecule has 2 N–H and O–H groups in total. The summed E-state index contributed by atoms with van der Waals surface area (Å²) in [4.78, 5) is 13.3. The third-order valence-electron chi connectivity index (χ3n) is 3.31. The average Bonchev–Trinajstić information content (AvgIpc) is 2.38. The molecule has 0 atom stereocenters. The van der Waals surface area contributed by atoms with Crippen molar-refractivity contribution in [3.8, 4) is 0 Å². The van der Waals surface area contributed by atoms with Gasteiger partial charge in [0.25, 0.3) is 0 Å². The van der Waals surface area contributed by atoms with E-state index in [2.05, 4.69) is 31.1 Å². The van der Waals surface area contributed by atoms with Crippen LogP contribution >= 0.6 is 0 Å². The Morgan fingerprint density at radius 3 is 2.68 bits per heavy atom. The van der Waals surface area contributed by atoms with Gasteiger partial charge in [-0.1, -0.05) is 18.2 Å². The molecule has 0 aromatic heterocycles. The van der Waals surface area contributed by atoms with Crippen LogP contribution in [0.25, 0.3) is 0 Å². The van der Waals surface area contributed by atoms with E-state index in [1.165, 1.54) is 0 Å². The monoisotopic (exact) mass is 264 g/mol. The highest BCUT2D eigenvalue weighted by molar-refractivity contribution is 5.89. The molecule has 0 aliphatic heterocycles. The van der Waals surface area contributed by atoms with E-state index >= 15 is 0 Å². The number of hydrogen-bond acceptors (Lipinski definition) is 3. The third kappa shape index (κ3) is 5.41. The van der Waals surface area contributed by atoms with E-state index in [1.807, 2.05) is 12.1 Å². The fourth-order valence-corrected chi connectivity index (χ4v) is 1.82.